The number of methoxy groups -OCH3 is 2. The molecule has 0 aliphatic carbocycles. The molecule has 3 aromatic carbocycles. The zero-order valence-corrected chi connectivity index (χ0v) is 18.6. The van der Waals surface area contributed by atoms with E-state index in [2.05, 4.69) is 4.74 Å². The van der Waals surface area contributed by atoms with Crippen molar-refractivity contribution < 1.29 is 28.2 Å². The molecule has 7 heteroatoms. The summed E-state index contributed by atoms with van der Waals surface area (Å²) in [4.78, 5) is 24.9. The molecule has 4 aromatic rings. The highest BCUT2D eigenvalue weighted by atomic mass is 32.1. The molecule has 0 radical (unpaired) electrons. The first kappa shape index (κ1) is 22.2. The molecule has 0 saturated carbocycles. The van der Waals surface area contributed by atoms with E-state index in [0.29, 0.717) is 37.8 Å². The molecule has 0 bridgehead atoms. The summed E-state index contributed by atoms with van der Waals surface area (Å²) in [7, 11) is 2.87. The molecule has 0 aliphatic rings. The molecule has 0 fully saturated rings. The smallest absolute Gasteiger partial charge is 0.330 e. The molecule has 4 rings (SSSR count). The fourth-order valence-electron chi connectivity index (χ4n) is 3.17. The number of fused-ring (bicyclic) bond motifs is 1. The number of carbonyl (C=O) groups is 2. The molecule has 0 aliphatic heterocycles. The lowest BCUT2D eigenvalue weighted by atomic mass is 10.1. The van der Waals surface area contributed by atoms with E-state index in [4.69, 9.17) is 9.47 Å². The normalized spacial score (nSPS) is 11.0. The van der Waals surface area contributed by atoms with Gasteiger partial charge in [0.15, 0.2) is 5.75 Å². The van der Waals surface area contributed by atoms with Gasteiger partial charge in [0, 0.05) is 21.7 Å². The molecule has 33 heavy (non-hydrogen) atoms. The van der Waals surface area contributed by atoms with Gasteiger partial charge in [0.2, 0.25) is 5.78 Å². The highest BCUT2D eigenvalue weighted by Gasteiger charge is 2.22. The maximum Gasteiger partial charge on any atom is 0.330 e. The Balaban J connectivity index is 1.69. The minimum absolute atomic E-state index is 0.230. The molecular formula is C26H19FO5S. The number of hydrogen-bond acceptors (Lipinski definition) is 6. The quantitative estimate of drug-likeness (QED) is 0.184. The van der Waals surface area contributed by atoms with Gasteiger partial charge in [-0.15, -0.1) is 11.3 Å². The van der Waals surface area contributed by atoms with Gasteiger partial charge in [0.25, 0.3) is 0 Å². The largest absolute Gasteiger partial charge is 0.497 e. The van der Waals surface area contributed by atoms with Crippen LogP contribution in [0.3, 0.4) is 0 Å². The second-order valence-electron chi connectivity index (χ2n) is 6.99. The highest BCUT2D eigenvalue weighted by molar-refractivity contribution is 7.21. The SMILES string of the molecule is COC(=O)/C=C/c1ccc(Oc2c(C(=O)c3ccc(OC)cc3)sc3cc(F)ccc23)cc1. The van der Waals surface area contributed by atoms with Gasteiger partial charge in [-0.3, -0.25) is 4.79 Å². The van der Waals surface area contributed by atoms with Crippen LogP contribution in [0.4, 0.5) is 4.39 Å². The Hall–Kier alpha value is -3.97. The zero-order chi connectivity index (χ0) is 23.4. The van der Waals surface area contributed by atoms with Gasteiger partial charge < -0.3 is 14.2 Å². The van der Waals surface area contributed by atoms with Crippen LogP contribution >= 0.6 is 11.3 Å². The van der Waals surface area contributed by atoms with Crippen molar-refractivity contribution in [2.24, 2.45) is 0 Å². The van der Waals surface area contributed by atoms with Crippen LogP contribution in [0.25, 0.3) is 16.2 Å². The summed E-state index contributed by atoms with van der Waals surface area (Å²) in [6, 6.07) is 18.1. The van der Waals surface area contributed by atoms with E-state index in [1.165, 1.54) is 36.7 Å². The first-order valence-electron chi connectivity index (χ1n) is 9.93. The summed E-state index contributed by atoms with van der Waals surface area (Å²) in [5.74, 6) is 0.441. The average molecular weight is 462 g/mol. The van der Waals surface area contributed by atoms with Crippen LogP contribution in [0.5, 0.6) is 17.2 Å². The molecule has 1 aromatic heterocycles. The van der Waals surface area contributed by atoms with Crippen molar-refractivity contribution in [1.29, 1.82) is 0 Å². The molecular weight excluding hydrogens is 443 g/mol. The maximum absolute atomic E-state index is 13.8. The fraction of sp³-hybridized carbons (Fsp3) is 0.0769. The van der Waals surface area contributed by atoms with Crippen LogP contribution in [0, 0.1) is 5.82 Å². The molecule has 0 atom stereocenters. The third-order valence-corrected chi connectivity index (χ3v) is 6.01. The average Bonchev–Trinajstić information content (AvgIpc) is 3.20. The number of ether oxygens (including phenoxy) is 3. The minimum atomic E-state index is -0.450. The van der Waals surface area contributed by atoms with Crippen LogP contribution in [-0.4, -0.2) is 26.0 Å². The van der Waals surface area contributed by atoms with Gasteiger partial charge in [-0.25, -0.2) is 9.18 Å². The van der Waals surface area contributed by atoms with E-state index >= 15 is 0 Å². The Bertz CT molecular complexity index is 1340. The molecule has 0 unspecified atom stereocenters. The second-order valence-corrected chi connectivity index (χ2v) is 8.04. The molecule has 0 amide bonds. The van der Waals surface area contributed by atoms with Gasteiger partial charge >= 0.3 is 5.97 Å². The lowest BCUT2D eigenvalue weighted by Gasteiger charge is -2.08. The van der Waals surface area contributed by atoms with Crippen molar-refractivity contribution in [3.8, 4) is 17.2 Å². The van der Waals surface area contributed by atoms with Crippen molar-refractivity contribution in [3.63, 3.8) is 0 Å². The molecule has 0 N–H and O–H groups in total. The Morgan fingerprint density at radius 2 is 1.61 bits per heavy atom. The van der Waals surface area contributed by atoms with E-state index in [1.54, 1.807) is 67.8 Å². The fourth-order valence-corrected chi connectivity index (χ4v) is 4.29. The predicted molar refractivity (Wildman–Crippen MR) is 126 cm³/mol. The van der Waals surface area contributed by atoms with Gasteiger partial charge in [0.05, 0.1) is 14.2 Å². The number of benzene rings is 3. The minimum Gasteiger partial charge on any atom is -0.497 e. The third kappa shape index (κ3) is 4.94. The van der Waals surface area contributed by atoms with Gasteiger partial charge in [-0.05, 0) is 66.2 Å². The van der Waals surface area contributed by atoms with Crippen LogP contribution < -0.4 is 9.47 Å². The molecule has 166 valence electrons. The number of thiophene rings is 1. The predicted octanol–water partition coefficient (Wildman–Crippen LogP) is 6.26. The Morgan fingerprint density at radius 3 is 2.27 bits per heavy atom. The van der Waals surface area contributed by atoms with E-state index < -0.39 is 5.97 Å². The summed E-state index contributed by atoms with van der Waals surface area (Å²) >= 11 is 1.18. The first-order valence-corrected chi connectivity index (χ1v) is 10.7. The Kier molecular flexibility index (Phi) is 6.51. The van der Waals surface area contributed by atoms with E-state index in [-0.39, 0.29) is 11.6 Å². The van der Waals surface area contributed by atoms with Crippen molar-refractivity contribution >= 4 is 39.3 Å². The highest BCUT2D eigenvalue weighted by Crippen LogP contribution is 2.42. The van der Waals surface area contributed by atoms with Crippen molar-refractivity contribution in [3.05, 3.63) is 94.6 Å². The molecule has 0 saturated heterocycles. The number of carbonyl (C=O) groups excluding carboxylic acids is 2. The lowest BCUT2D eigenvalue weighted by Crippen LogP contribution is -2.01. The zero-order valence-electron chi connectivity index (χ0n) is 17.8. The molecule has 1 heterocycles. The van der Waals surface area contributed by atoms with Crippen molar-refractivity contribution in [1.82, 2.24) is 0 Å². The van der Waals surface area contributed by atoms with Crippen LogP contribution in [-0.2, 0) is 9.53 Å². The van der Waals surface area contributed by atoms with Crippen LogP contribution in [0.2, 0.25) is 0 Å². The third-order valence-electron chi connectivity index (χ3n) is 4.88. The number of ketones is 1. The second kappa shape index (κ2) is 9.67. The summed E-state index contributed by atoms with van der Waals surface area (Å²) in [6.45, 7) is 0. The monoisotopic (exact) mass is 462 g/mol. The standard InChI is InChI=1S/C26H19FO5S/c1-30-19-11-6-17(7-12-19)24(29)26-25(21-13-8-18(27)15-22(21)33-26)32-20-9-3-16(4-10-20)5-14-23(28)31-2/h3-15H,1-2H3/b14-5+. The number of rotatable bonds is 7. The van der Waals surface area contributed by atoms with Crippen molar-refractivity contribution in [2.75, 3.05) is 14.2 Å². The summed E-state index contributed by atoms with van der Waals surface area (Å²) in [5, 5.41) is 0.646. The first-order chi connectivity index (χ1) is 16.0. The van der Waals surface area contributed by atoms with Gasteiger partial charge in [0.1, 0.15) is 22.2 Å². The Labute approximate surface area is 193 Å². The summed E-state index contributed by atoms with van der Waals surface area (Å²) in [5.41, 5.74) is 1.25. The lowest BCUT2D eigenvalue weighted by molar-refractivity contribution is -0.134. The molecule has 0 spiro atoms. The maximum atomic E-state index is 13.8. The van der Waals surface area contributed by atoms with Gasteiger partial charge in [-0.1, -0.05) is 12.1 Å². The van der Waals surface area contributed by atoms with E-state index in [0.717, 1.165) is 5.56 Å². The van der Waals surface area contributed by atoms with E-state index in [1.807, 2.05) is 0 Å². The van der Waals surface area contributed by atoms with Gasteiger partial charge in [-0.2, -0.15) is 0 Å². The number of esters is 1. The van der Waals surface area contributed by atoms with Crippen molar-refractivity contribution in [2.45, 2.75) is 0 Å². The Morgan fingerprint density at radius 1 is 0.909 bits per heavy atom. The molecule has 5 nitrogen and oxygen atoms in total. The summed E-state index contributed by atoms with van der Waals surface area (Å²) in [6.07, 6.45) is 2.94. The number of hydrogen-bond donors (Lipinski definition) is 0. The van der Waals surface area contributed by atoms with Crippen LogP contribution in [0.15, 0.2) is 72.8 Å². The summed E-state index contributed by atoms with van der Waals surface area (Å²) < 4.78 is 30.3. The topological polar surface area (TPSA) is 61.8 Å². The van der Waals surface area contributed by atoms with Crippen LogP contribution in [0.1, 0.15) is 20.8 Å². The van der Waals surface area contributed by atoms with E-state index in [9.17, 15) is 14.0 Å². The number of halogens is 1.